The number of hydrogen-bond donors (Lipinski definition) is 1. The maximum absolute atomic E-state index is 5.45. The van der Waals surface area contributed by atoms with Crippen molar-refractivity contribution in [2.24, 2.45) is 0 Å². The van der Waals surface area contributed by atoms with Gasteiger partial charge in [-0.15, -0.1) is 0 Å². The van der Waals surface area contributed by atoms with E-state index in [2.05, 4.69) is 15.3 Å². The molecule has 0 aliphatic rings. The molecule has 0 atom stereocenters. The molecule has 2 rings (SSSR count). The van der Waals surface area contributed by atoms with E-state index in [0.29, 0.717) is 0 Å². The van der Waals surface area contributed by atoms with Crippen molar-refractivity contribution in [1.29, 1.82) is 0 Å². The fourth-order valence-corrected chi connectivity index (χ4v) is 2.08. The summed E-state index contributed by atoms with van der Waals surface area (Å²) in [5.41, 5.74) is 1.77. The summed E-state index contributed by atoms with van der Waals surface area (Å²) in [4.78, 5) is 9.07. The van der Waals surface area contributed by atoms with E-state index in [0.717, 1.165) is 47.4 Å². The van der Waals surface area contributed by atoms with Crippen molar-refractivity contribution in [3.63, 3.8) is 0 Å². The van der Waals surface area contributed by atoms with Gasteiger partial charge >= 0.3 is 0 Å². The monoisotopic (exact) mass is 287 g/mol. The van der Waals surface area contributed by atoms with E-state index in [4.69, 9.17) is 9.47 Å². The Hall–Kier alpha value is -2.30. The lowest BCUT2D eigenvalue weighted by Gasteiger charge is -2.12. The Morgan fingerprint density at radius 3 is 2.48 bits per heavy atom. The van der Waals surface area contributed by atoms with Crippen molar-refractivity contribution >= 4 is 5.82 Å². The highest BCUT2D eigenvalue weighted by Gasteiger charge is 2.11. The Kier molecular flexibility index (Phi) is 4.98. The summed E-state index contributed by atoms with van der Waals surface area (Å²) in [5.74, 6) is 3.13. The molecule has 1 aromatic heterocycles. The summed E-state index contributed by atoms with van der Waals surface area (Å²) in [6.07, 6.45) is 0.782. The van der Waals surface area contributed by atoms with Crippen LogP contribution in [0.1, 0.15) is 19.7 Å². The fourth-order valence-electron chi connectivity index (χ4n) is 2.08. The maximum Gasteiger partial charge on any atom is 0.131 e. The first-order valence-corrected chi connectivity index (χ1v) is 7.06. The van der Waals surface area contributed by atoms with Crippen LogP contribution in [-0.2, 0) is 6.42 Å². The van der Waals surface area contributed by atoms with Crippen LogP contribution in [0, 0.1) is 0 Å². The standard InChI is InChI=1S/C16H21N3O2/c1-5-15-18-13(10-16(19-15)17-6-2)12-8-7-11(20-3)9-14(12)21-4/h7-10H,5-6H2,1-4H3,(H,17,18,19). The summed E-state index contributed by atoms with van der Waals surface area (Å²) in [6, 6.07) is 7.65. The molecule has 0 bridgehead atoms. The van der Waals surface area contributed by atoms with Gasteiger partial charge in [0.1, 0.15) is 23.1 Å². The zero-order chi connectivity index (χ0) is 15.2. The normalized spacial score (nSPS) is 10.3. The molecule has 0 spiro atoms. The number of methoxy groups -OCH3 is 2. The Balaban J connectivity index is 2.52. The highest BCUT2D eigenvalue weighted by Crippen LogP contribution is 2.33. The van der Waals surface area contributed by atoms with Crippen LogP contribution in [0.25, 0.3) is 11.3 Å². The number of nitrogens with zero attached hydrogens (tertiary/aromatic N) is 2. The molecule has 1 N–H and O–H groups in total. The summed E-state index contributed by atoms with van der Waals surface area (Å²) in [5, 5.41) is 3.24. The molecule has 1 aromatic carbocycles. The molecule has 0 saturated heterocycles. The molecular weight excluding hydrogens is 266 g/mol. The molecule has 0 aliphatic carbocycles. The quantitative estimate of drug-likeness (QED) is 0.884. The SMILES string of the molecule is CCNc1cc(-c2ccc(OC)cc2OC)nc(CC)n1. The Morgan fingerprint density at radius 1 is 1.05 bits per heavy atom. The van der Waals surface area contributed by atoms with Crippen LogP contribution in [0.15, 0.2) is 24.3 Å². The highest BCUT2D eigenvalue weighted by atomic mass is 16.5. The number of aryl methyl sites for hydroxylation is 1. The molecule has 0 amide bonds. The van der Waals surface area contributed by atoms with Gasteiger partial charge in [0.2, 0.25) is 0 Å². The van der Waals surface area contributed by atoms with Gasteiger partial charge in [-0.1, -0.05) is 6.92 Å². The van der Waals surface area contributed by atoms with E-state index >= 15 is 0 Å². The summed E-state index contributed by atoms with van der Waals surface area (Å²) < 4.78 is 10.7. The number of ether oxygens (including phenoxy) is 2. The van der Waals surface area contributed by atoms with Gasteiger partial charge < -0.3 is 14.8 Å². The maximum atomic E-state index is 5.45. The lowest BCUT2D eigenvalue weighted by Crippen LogP contribution is -2.04. The van der Waals surface area contributed by atoms with Gasteiger partial charge in [0.25, 0.3) is 0 Å². The predicted octanol–water partition coefficient (Wildman–Crippen LogP) is 3.16. The van der Waals surface area contributed by atoms with Gasteiger partial charge in [-0.3, -0.25) is 0 Å². The third-order valence-electron chi connectivity index (χ3n) is 3.13. The zero-order valence-electron chi connectivity index (χ0n) is 12.9. The summed E-state index contributed by atoms with van der Waals surface area (Å²) in [6.45, 7) is 4.90. The number of anilines is 1. The number of nitrogens with one attached hydrogen (secondary N) is 1. The van der Waals surface area contributed by atoms with E-state index in [-0.39, 0.29) is 0 Å². The fraction of sp³-hybridized carbons (Fsp3) is 0.375. The number of rotatable bonds is 6. The molecule has 21 heavy (non-hydrogen) atoms. The molecule has 5 nitrogen and oxygen atoms in total. The predicted molar refractivity (Wildman–Crippen MR) is 84.1 cm³/mol. The van der Waals surface area contributed by atoms with E-state index in [1.807, 2.05) is 38.1 Å². The average molecular weight is 287 g/mol. The second-order valence-corrected chi connectivity index (χ2v) is 4.50. The number of benzene rings is 1. The van der Waals surface area contributed by atoms with Crippen molar-refractivity contribution < 1.29 is 9.47 Å². The van der Waals surface area contributed by atoms with Crippen molar-refractivity contribution in [2.75, 3.05) is 26.1 Å². The Morgan fingerprint density at radius 2 is 1.86 bits per heavy atom. The van der Waals surface area contributed by atoms with Crippen molar-refractivity contribution in [1.82, 2.24) is 9.97 Å². The van der Waals surface area contributed by atoms with Crippen LogP contribution in [0.3, 0.4) is 0 Å². The second kappa shape index (κ2) is 6.92. The first kappa shape index (κ1) is 15.1. The van der Waals surface area contributed by atoms with Crippen LogP contribution in [-0.4, -0.2) is 30.7 Å². The van der Waals surface area contributed by atoms with Crippen LogP contribution in [0.5, 0.6) is 11.5 Å². The van der Waals surface area contributed by atoms with Crippen molar-refractivity contribution in [3.8, 4) is 22.8 Å². The third kappa shape index (κ3) is 3.42. The van der Waals surface area contributed by atoms with E-state index < -0.39 is 0 Å². The van der Waals surface area contributed by atoms with Gasteiger partial charge in [-0.05, 0) is 19.1 Å². The minimum atomic E-state index is 0.734. The van der Waals surface area contributed by atoms with Crippen LogP contribution >= 0.6 is 0 Å². The zero-order valence-corrected chi connectivity index (χ0v) is 12.9. The molecular formula is C16H21N3O2. The van der Waals surface area contributed by atoms with Gasteiger partial charge in [0.05, 0.1) is 19.9 Å². The van der Waals surface area contributed by atoms with Crippen LogP contribution in [0.2, 0.25) is 0 Å². The van der Waals surface area contributed by atoms with Gasteiger partial charge in [0, 0.05) is 30.7 Å². The first-order chi connectivity index (χ1) is 10.2. The summed E-state index contributed by atoms with van der Waals surface area (Å²) >= 11 is 0. The van der Waals surface area contributed by atoms with Gasteiger partial charge in [0.15, 0.2) is 0 Å². The summed E-state index contributed by atoms with van der Waals surface area (Å²) in [7, 11) is 3.28. The Labute approximate surface area is 125 Å². The molecule has 112 valence electrons. The molecule has 1 heterocycles. The second-order valence-electron chi connectivity index (χ2n) is 4.50. The Bertz CT molecular complexity index is 614. The van der Waals surface area contributed by atoms with E-state index in [9.17, 15) is 0 Å². The lowest BCUT2D eigenvalue weighted by atomic mass is 10.1. The lowest BCUT2D eigenvalue weighted by molar-refractivity contribution is 0.395. The van der Waals surface area contributed by atoms with Gasteiger partial charge in [-0.25, -0.2) is 9.97 Å². The van der Waals surface area contributed by atoms with Crippen LogP contribution in [0.4, 0.5) is 5.82 Å². The molecule has 0 aliphatic heterocycles. The van der Waals surface area contributed by atoms with Crippen molar-refractivity contribution in [3.05, 3.63) is 30.1 Å². The molecule has 0 saturated carbocycles. The molecule has 0 fully saturated rings. The molecule has 0 radical (unpaired) electrons. The highest BCUT2D eigenvalue weighted by molar-refractivity contribution is 5.70. The first-order valence-electron chi connectivity index (χ1n) is 7.06. The van der Waals surface area contributed by atoms with Gasteiger partial charge in [-0.2, -0.15) is 0 Å². The number of aromatic nitrogens is 2. The number of hydrogen-bond acceptors (Lipinski definition) is 5. The van der Waals surface area contributed by atoms with E-state index in [1.54, 1.807) is 14.2 Å². The molecule has 2 aromatic rings. The largest absolute Gasteiger partial charge is 0.497 e. The van der Waals surface area contributed by atoms with Crippen molar-refractivity contribution in [2.45, 2.75) is 20.3 Å². The van der Waals surface area contributed by atoms with E-state index in [1.165, 1.54) is 0 Å². The molecule has 5 heteroatoms. The van der Waals surface area contributed by atoms with Crippen LogP contribution < -0.4 is 14.8 Å². The minimum absolute atomic E-state index is 0.734. The minimum Gasteiger partial charge on any atom is -0.497 e. The molecule has 0 unspecified atom stereocenters. The smallest absolute Gasteiger partial charge is 0.131 e. The topological polar surface area (TPSA) is 56.3 Å². The average Bonchev–Trinajstić information content (AvgIpc) is 2.54. The third-order valence-corrected chi connectivity index (χ3v) is 3.13.